The number of nitrogens with two attached hydrogens (primary N) is 1. The summed E-state index contributed by atoms with van der Waals surface area (Å²) in [6, 6.07) is 10.6. The summed E-state index contributed by atoms with van der Waals surface area (Å²) in [5.41, 5.74) is 7.85. The molecular formula is C17H28N2. The van der Waals surface area contributed by atoms with Crippen molar-refractivity contribution in [2.45, 2.75) is 44.9 Å². The van der Waals surface area contributed by atoms with Crippen LogP contribution in [0.25, 0.3) is 0 Å². The monoisotopic (exact) mass is 260 g/mol. The molecule has 2 nitrogen and oxygen atoms in total. The number of rotatable bonds is 7. The van der Waals surface area contributed by atoms with Crippen LogP contribution in [0.1, 0.15) is 50.5 Å². The zero-order chi connectivity index (χ0) is 13.6. The average Bonchev–Trinajstić information content (AvgIpc) is 2.94. The van der Waals surface area contributed by atoms with Gasteiger partial charge >= 0.3 is 0 Å². The molecule has 0 aromatic heterocycles. The smallest absolute Gasteiger partial charge is 0.00863 e. The normalized spacial score (nSPS) is 19.5. The SMILES string of the molecule is CCC1(CNCC(CN)c2ccccc2)CCCC1. The van der Waals surface area contributed by atoms with Crippen LogP contribution in [0.2, 0.25) is 0 Å². The Morgan fingerprint density at radius 2 is 1.89 bits per heavy atom. The fraction of sp³-hybridized carbons (Fsp3) is 0.647. The number of nitrogens with one attached hydrogen (secondary N) is 1. The van der Waals surface area contributed by atoms with E-state index in [1.807, 2.05) is 0 Å². The second-order valence-electron chi connectivity index (χ2n) is 6.03. The van der Waals surface area contributed by atoms with E-state index in [-0.39, 0.29) is 0 Å². The Morgan fingerprint density at radius 3 is 2.47 bits per heavy atom. The van der Waals surface area contributed by atoms with E-state index in [4.69, 9.17) is 5.73 Å². The van der Waals surface area contributed by atoms with Gasteiger partial charge in [0.15, 0.2) is 0 Å². The lowest BCUT2D eigenvalue weighted by atomic mass is 9.83. The van der Waals surface area contributed by atoms with Gasteiger partial charge in [0.25, 0.3) is 0 Å². The maximum absolute atomic E-state index is 5.92. The van der Waals surface area contributed by atoms with Crippen molar-refractivity contribution in [3.63, 3.8) is 0 Å². The molecule has 0 spiro atoms. The van der Waals surface area contributed by atoms with Gasteiger partial charge in [-0.15, -0.1) is 0 Å². The van der Waals surface area contributed by atoms with Crippen molar-refractivity contribution in [1.29, 1.82) is 0 Å². The molecule has 0 heterocycles. The summed E-state index contributed by atoms with van der Waals surface area (Å²) in [5.74, 6) is 0.441. The third-order valence-electron chi connectivity index (χ3n) is 4.86. The second-order valence-corrected chi connectivity index (χ2v) is 6.03. The summed E-state index contributed by atoms with van der Waals surface area (Å²) in [6.45, 7) is 5.22. The summed E-state index contributed by atoms with van der Waals surface area (Å²) in [4.78, 5) is 0. The molecule has 0 amide bonds. The van der Waals surface area contributed by atoms with Crippen LogP contribution in [-0.4, -0.2) is 19.6 Å². The fourth-order valence-corrected chi connectivity index (χ4v) is 3.35. The first-order valence-electron chi connectivity index (χ1n) is 7.75. The van der Waals surface area contributed by atoms with Gasteiger partial charge in [-0.1, -0.05) is 50.1 Å². The lowest BCUT2D eigenvalue weighted by Gasteiger charge is -2.29. The highest BCUT2D eigenvalue weighted by Gasteiger charge is 2.31. The summed E-state index contributed by atoms with van der Waals surface area (Å²) in [7, 11) is 0. The van der Waals surface area contributed by atoms with Crippen molar-refractivity contribution < 1.29 is 0 Å². The van der Waals surface area contributed by atoms with Gasteiger partial charge in [0, 0.05) is 25.6 Å². The Balaban J connectivity index is 1.83. The summed E-state index contributed by atoms with van der Waals surface area (Å²) < 4.78 is 0. The molecule has 0 radical (unpaired) electrons. The second kappa shape index (κ2) is 7.06. The van der Waals surface area contributed by atoms with Gasteiger partial charge in [-0.3, -0.25) is 0 Å². The molecule has 1 atom stereocenters. The quantitative estimate of drug-likeness (QED) is 0.789. The Labute approximate surface area is 117 Å². The van der Waals surface area contributed by atoms with Crippen molar-refractivity contribution in [3.8, 4) is 0 Å². The Morgan fingerprint density at radius 1 is 1.21 bits per heavy atom. The van der Waals surface area contributed by atoms with E-state index < -0.39 is 0 Å². The molecule has 2 rings (SSSR count). The van der Waals surface area contributed by atoms with Gasteiger partial charge in [0.1, 0.15) is 0 Å². The van der Waals surface area contributed by atoms with E-state index in [0.29, 0.717) is 11.3 Å². The van der Waals surface area contributed by atoms with Crippen LogP contribution >= 0.6 is 0 Å². The molecule has 1 aliphatic rings. The molecule has 3 N–H and O–H groups in total. The number of benzene rings is 1. The minimum Gasteiger partial charge on any atom is -0.330 e. The lowest BCUT2D eigenvalue weighted by molar-refractivity contribution is 0.267. The minimum atomic E-state index is 0.441. The molecular weight excluding hydrogens is 232 g/mol. The van der Waals surface area contributed by atoms with Gasteiger partial charge < -0.3 is 11.1 Å². The molecule has 1 aromatic rings. The minimum absolute atomic E-state index is 0.441. The van der Waals surface area contributed by atoms with E-state index in [1.165, 1.54) is 37.7 Å². The van der Waals surface area contributed by atoms with E-state index in [0.717, 1.165) is 19.6 Å². The first-order chi connectivity index (χ1) is 9.29. The summed E-state index contributed by atoms with van der Waals surface area (Å²) in [5, 5.41) is 3.69. The highest BCUT2D eigenvalue weighted by atomic mass is 14.9. The van der Waals surface area contributed by atoms with E-state index in [9.17, 15) is 0 Å². The highest BCUT2D eigenvalue weighted by molar-refractivity contribution is 5.20. The van der Waals surface area contributed by atoms with Crippen molar-refractivity contribution in [2.75, 3.05) is 19.6 Å². The van der Waals surface area contributed by atoms with Gasteiger partial charge in [-0.05, 0) is 30.2 Å². The van der Waals surface area contributed by atoms with Crippen molar-refractivity contribution in [1.82, 2.24) is 5.32 Å². The molecule has 0 bridgehead atoms. The van der Waals surface area contributed by atoms with Gasteiger partial charge in [0.2, 0.25) is 0 Å². The third kappa shape index (κ3) is 3.80. The number of hydrogen-bond donors (Lipinski definition) is 2. The number of hydrogen-bond acceptors (Lipinski definition) is 2. The van der Waals surface area contributed by atoms with Crippen LogP contribution in [0.3, 0.4) is 0 Å². The maximum atomic E-state index is 5.92. The largest absolute Gasteiger partial charge is 0.330 e. The Kier molecular flexibility index (Phi) is 5.41. The van der Waals surface area contributed by atoms with Crippen LogP contribution in [0.15, 0.2) is 30.3 Å². The third-order valence-corrected chi connectivity index (χ3v) is 4.86. The molecule has 0 saturated heterocycles. The highest BCUT2D eigenvalue weighted by Crippen LogP contribution is 2.40. The molecule has 0 aliphatic heterocycles. The average molecular weight is 260 g/mol. The van der Waals surface area contributed by atoms with Crippen molar-refractivity contribution >= 4 is 0 Å². The molecule has 1 aromatic carbocycles. The van der Waals surface area contributed by atoms with Crippen LogP contribution in [-0.2, 0) is 0 Å². The van der Waals surface area contributed by atoms with Crippen LogP contribution in [0.4, 0.5) is 0 Å². The molecule has 106 valence electrons. The summed E-state index contributed by atoms with van der Waals surface area (Å²) in [6.07, 6.45) is 6.92. The molecule has 19 heavy (non-hydrogen) atoms. The molecule has 2 heteroatoms. The first kappa shape index (κ1) is 14.5. The van der Waals surface area contributed by atoms with E-state index in [2.05, 4.69) is 42.6 Å². The predicted molar refractivity (Wildman–Crippen MR) is 82.3 cm³/mol. The fourth-order valence-electron chi connectivity index (χ4n) is 3.35. The van der Waals surface area contributed by atoms with Gasteiger partial charge in [0.05, 0.1) is 0 Å². The maximum Gasteiger partial charge on any atom is 0.00863 e. The van der Waals surface area contributed by atoms with Crippen molar-refractivity contribution in [3.05, 3.63) is 35.9 Å². The first-order valence-corrected chi connectivity index (χ1v) is 7.75. The molecule has 1 aliphatic carbocycles. The lowest BCUT2D eigenvalue weighted by Crippen LogP contribution is -2.35. The molecule has 1 unspecified atom stereocenters. The molecule has 1 saturated carbocycles. The zero-order valence-electron chi connectivity index (χ0n) is 12.2. The van der Waals surface area contributed by atoms with E-state index in [1.54, 1.807) is 0 Å². The van der Waals surface area contributed by atoms with E-state index >= 15 is 0 Å². The summed E-state index contributed by atoms with van der Waals surface area (Å²) >= 11 is 0. The molecule has 1 fully saturated rings. The van der Waals surface area contributed by atoms with Gasteiger partial charge in [-0.2, -0.15) is 0 Å². The van der Waals surface area contributed by atoms with Crippen LogP contribution < -0.4 is 11.1 Å². The van der Waals surface area contributed by atoms with Crippen LogP contribution in [0.5, 0.6) is 0 Å². The topological polar surface area (TPSA) is 38.0 Å². The van der Waals surface area contributed by atoms with Crippen LogP contribution in [0, 0.1) is 5.41 Å². The predicted octanol–water partition coefficient (Wildman–Crippen LogP) is 3.29. The Bertz CT molecular complexity index is 355. The van der Waals surface area contributed by atoms with Crippen molar-refractivity contribution in [2.24, 2.45) is 11.1 Å². The van der Waals surface area contributed by atoms with Gasteiger partial charge in [-0.25, -0.2) is 0 Å². The Hall–Kier alpha value is -0.860. The standard InChI is InChI=1S/C17H28N2/c1-2-17(10-6-7-11-17)14-19-13-16(12-18)15-8-4-3-5-9-15/h3-5,8-9,16,19H,2,6-7,10-14,18H2,1H3. The zero-order valence-corrected chi connectivity index (χ0v) is 12.2.